The highest BCUT2D eigenvalue weighted by molar-refractivity contribution is 5.55. The van der Waals surface area contributed by atoms with Gasteiger partial charge in [0.15, 0.2) is 17.3 Å². The van der Waals surface area contributed by atoms with E-state index in [4.69, 9.17) is 14.2 Å². The van der Waals surface area contributed by atoms with Crippen LogP contribution in [0, 0.1) is 0 Å². The van der Waals surface area contributed by atoms with Crippen molar-refractivity contribution in [2.45, 2.75) is 26.1 Å². The largest absolute Gasteiger partial charge is 0.497 e. The first-order valence-corrected chi connectivity index (χ1v) is 9.85. The van der Waals surface area contributed by atoms with Crippen LogP contribution in [0.15, 0.2) is 54.9 Å². The Hall–Kier alpha value is -3.16. The fraction of sp³-hybridized carbons (Fsp3) is 0.304. The van der Waals surface area contributed by atoms with Gasteiger partial charge >= 0.3 is 0 Å². The highest BCUT2D eigenvalue weighted by Crippen LogP contribution is 2.33. The van der Waals surface area contributed by atoms with Crippen molar-refractivity contribution in [3.05, 3.63) is 66.0 Å². The summed E-state index contributed by atoms with van der Waals surface area (Å²) < 4.78 is 16.0. The number of rotatable bonds is 8. The van der Waals surface area contributed by atoms with Gasteiger partial charge in [-0.05, 0) is 48.9 Å². The Kier molecular flexibility index (Phi) is 6.11. The van der Waals surface area contributed by atoms with E-state index in [9.17, 15) is 5.11 Å². The van der Waals surface area contributed by atoms with Gasteiger partial charge in [0, 0.05) is 43.2 Å². The molecule has 0 saturated carbocycles. The summed E-state index contributed by atoms with van der Waals surface area (Å²) in [5.41, 5.74) is 3.01. The van der Waals surface area contributed by atoms with Gasteiger partial charge < -0.3 is 19.3 Å². The lowest BCUT2D eigenvalue weighted by atomic mass is 10.1. The molecule has 4 rings (SSSR count). The minimum atomic E-state index is -0.446. The molecule has 7 heteroatoms. The van der Waals surface area contributed by atoms with Crippen molar-refractivity contribution in [1.29, 1.82) is 0 Å². The van der Waals surface area contributed by atoms with E-state index in [1.807, 2.05) is 54.9 Å². The first-order valence-electron chi connectivity index (χ1n) is 9.85. The second-order valence-electron chi connectivity index (χ2n) is 7.35. The smallest absolute Gasteiger partial charge is 0.231 e. The highest BCUT2D eigenvalue weighted by Gasteiger charge is 2.16. The van der Waals surface area contributed by atoms with Gasteiger partial charge in [0.2, 0.25) is 6.79 Å². The zero-order chi connectivity index (χ0) is 20.9. The Balaban J connectivity index is 1.45. The molecule has 1 N–H and O–H groups in total. The molecule has 0 aliphatic carbocycles. The average molecular weight is 407 g/mol. The fourth-order valence-electron chi connectivity index (χ4n) is 3.44. The summed E-state index contributed by atoms with van der Waals surface area (Å²) in [5.74, 6) is 2.99. The molecule has 7 nitrogen and oxygen atoms in total. The third-order valence-electron chi connectivity index (χ3n) is 4.83. The second-order valence-corrected chi connectivity index (χ2v) is 7.35. The van der Waals surface area contributed by atoms with E-state index in [0.29, 0.717) is 25.5 Å². The van der Waals surface area contributed by atoms with E-state index in [1.165, 1.54) is 0 Å². The topological polar surface area (TPSA) is 76.9 Å². The number of aromatic nitrogens is 2. The van der Waals surface area contributed by atoms with Crippen LogP contribution in [-0.2, 0) is 13.1 Å². The highest BCUT2D eigenvalue weighted by atomic mass is 16.7. The van der Waals surface area contributed by atoms with Gasteiger partial charge in [-0.25, -0.2) is 9.97 Å². The summed E-state index contributed by atoms with van der Waals surface area (Å²) in [6, 6.07) is 13.6. The first kappa shape index (κ1) is 20.1. The van der Waals surface area contributed by atoms with Crippen LogP contribution in [0.25, 0.3) is 11.4 Å². The van der Waals surface area contributed by atoms with Crippen molar-refractivity contribution in [2.75, 3.05) is 20.4 Å². The van der Waals surface area contributed by atoms with Crippen LogP contribution in [-0.4, -0.2) is 46.5 Å². The molecule has 156 valence electrons. The molecule has 0 spiro atoms. The second kappa shape index (κ2) is 9.11. The molecule has 0 unspecified atom stereocenters. The molecule has 3 aromatic rings. The van der Waals surface area contributed by atoms with Gasteiger partial charge in [0.05, 0.1) is 13.2 Å². The maximum absolute atomic E-state index is 9.94. The summed E-state index contributed by atoms with van der Waals surface area (Å²) >= 11 is 0. The van der Waals surface area contributed by atoms with E-state index in [-0.39, 0.29) is 6.79 Å². The number of aliphatic hydroxyl groups is 1. The zero-order valence-corrected chi connectivity index (χ0v) is 17.1. The molecular weight excluding hydrogens is 382 g/mol. The minimum Gasteiger partial charge on any atom is -0.497 e. The Morgan fingerprint density at radius 2 is 1.70 bits per heavy atom. The lowest BCUT2D eigenvalue weighted by Crippen LogP contribution is -2.30. The Morgan fingerprint density at radius 3 is 2.40 bits per heavy atom. The van der Waals surface area contributed by atoms with Crippen LogP contribution in [0.1, 0.15) is 18.1 Å². The summed E-state index contributed by atoms with van der Waals surface area (Å²) in [4.78, 5) is 11.2. The van der Waals surface area contributed by atoms with Crippen LogP contribution in [0.4, 0.5) is 0 Å². The van der Waals surface area contributed by atoms with Crippen LogP contribution >= 0.6 is 0 Å². The molecule has 0 radical (unpaired) electrons. The Morgan fingerprint density at radius 1 is 1.00 bits per heavy atom. The number of nitrogens with zero attached hydrogens (tertiary/aromatic N) is 3. The molecule has 1 aromatic heterocycles. The average Bonchev–Trinajstić information content (AvgIpc) is 3.22. The van der Waals surface area contributed by atoms with Crippen LogP contribution < -0.4 is 14.2 Å². The number of aliphatic hydroxyl groups excluding tert-OH is 1. The number of ether oxygens (including phenoxy) is 3. The monoisotopic (exact) mass is 407 g/mol. The quantitative estimate of drug-likeness (QED) is 0.614. The fourth-order valence-corrected chi connectivity index (χ4v) is 3.44. The molecular formula is C23H25N3O4. The number of hydrogen-bond acceptors (Lipinski definition) is 7. The molecule has 30 heavy (non-hydrogen) atoms. The maximum atomic E-state index is 9.94. The van der Waals surface area contributed by atoms with Crippen molar-refractivity contribution in [3.63, 3.8) is 0 Å². The normalized spacial score (nSPS) is 13.5. The van der Waals surface area contributed by atoms with Gasteiger partial charge in [-0.2, -0.15) is 0 Å². The van der Waals surface area contributed by atoms with Crippen molar-refractivity contribution in [2.24, 2.45) is 0 Å². The van der Waals surface area contributed by atoms with Crippen LogP contribution in [0.5, 0.6) is 17.2 Å². The molecule has 1 aliphatic heterocycles. The van der Waals surface area contributed by atoms with Crippen LogP contribution in [0.2, 0.25) is 0 Å². The Bertz CT molecular complexity index is 975. The van der Waals surface area contributed by atoms with E-state index in [2.05, 4.69) is 14.9 Å². The standard InChI is InChI=1S/C23H25N3O4/c1-16(27)12-26(13-17-3-8-21-22(9-17)30-15-29-21)14-18-10-24-23(25-11-18)19-4-6-20(28-2)7-5-19/h3-11,16,27H,12-15H2,1-2H3/t16-/m0/s1. The van der Waals surface area contributed by atoms with E-state index in [1.54, 1.807) is 14.0 Å². The SMILES string of the molecule is COc1ccc(-c2ncc(CN(Cc3ccc4c(c3)OCO4)C[C@H](C)O)cn2)cc1. The third-order valence-corrected chi connectivity index (χ3v) is 4.83. The molecule has 1 atom stereocenters. The molecule has 2 heterocycles. The number of benzene rings is 2. The molecule has 1 aliphatic rings. The predicted molar refractivity (Wildman–Crippen MR) is 112 cm³/mol. The van der Waals surface area contributed by atoms with E-state index >= 15 is 0 Å². The number of methoxy groups -OCH3 is 1. The number of hydrogen-bond donors (Lipinski definition) is 1. The van der Waals surface area contributed by atoms with Crippen molar-refractivity contribution in [1.82, 2.24) is 14.9 Å². The van der Waals surface area contributed by atoms with Crippen molar-refractivity contribution in [3.8, 4) is 28.6 Å². The maximum Gasteiger partial charge on any atom is 0.231 e. The molecule has 0 bridgehead atoms. The summed E-state index contributed by atoms with van der Waals surface area (Å²) in [6.45, 7) is 3.88. The molecule has 0 fully saturated rings. The Labute approximate surface area is 175 Å². The van der Waals surface area contributed by atoms with Gasteiger partial charge in [0.1, 0.15) is 5.75 Å². The van der Waals surface area contributed by atoms with Crippen molar-refractivity contribution >= 4 is 0 Å². The predicted octanol–water partition coefficient (Wildman–Crippen LogP) is 3.26. The lowest BCUT2D eigenvalue weighted by Gasteiger charge is -2.24. The van der Waals surface area contributed by atoms with Gasteiger partial charge in [-0.1, -0.05) is 6.07 Å². The molecule has 0 amide bonds. The minimum absolute atomic E-state index is 0.258. The van der Waals surface area contributed by atoms with E-state index < -0.39 is 6.10 Å². The zero-order valence-electron chi connectivity index (χ0n) is 17.1. The number of fused-ring (bicyclic) bond motifs is 1. The van der Waals surface area contributed by atoms with Gasteiger partial charge in [-0.3, -0.25) is 4.90 Å². The first-order chi connectivity index (χ1) is 14.6. The van der Waals surface area contributed by atoms with Crippen molar-refractivity contribution < 1.29 is 19.3 Å². The third kappa shape index (κ3) is 4.87. The summed E-state index contributed by atoms with van der Waals surface area (Å²) in [5, 5.41) is 9.94. The van der Waals surface area contributed by atoms with Gasteiger partial charge in [-0.15, -0.1) is 0 Å². The van der Waals surface area contributed by atoms with E-state index in [0.717, 1.165) is 33.9 Å². The summed E-state index contributed by atoms with van der Waals surface area (Å²) in [6.07, 6.45) is 3.22. The van der Waals surface area contributed by atoms with Gasteiger partial charge in [0.25, 0.3) is 0 Å². The summed E-state index contributed by atoms with van der Waals surface area (Å²) in [7, 11) is 1.64. The molecule has 2 aromatic carbocycles. The lowest BCUT2D eigenvalue weighted by molar-refractivity contribution is 0.118. The molecule has 0 saturated heterocycles. The van der Waals surface area contributed by atoms with Crippen LogP contribution in [0.3, 0.4) is 0 Å².